The van der Waals surface area contributed by atoms with Gasteiger partial charge in [0.2, 0.25) is 10.0 Å². The molecule has 0 heterocycles. The van der Waals surface area contributed by atoms with Crippen LogP contribution in [-0.2, 0) is 10.0 Å². The molecule has 0 saturated heterocycles. The topological polar surface area (TPSA) is 122 Å². The fourth-order valence-electron chi connectivity index (χ4n) is 1.56. The number of carboxylic acids is 1. The number of carbonyl (C=O) groups is 1. The van der Waals surface area contributed by atoms with Gasteiger partial charge in [-0.25, -0.2) is 13.2 Å². The number of sulfonamides is 1. The SMILES string of the molecule is Cc1c(Br)cc(S(=O)(=O)N(CC#N)CC#N)cc1C(=O)O. The molecule has 0 unspecified atom stereocenters. The molecule has 9 heteroatoms. The first kappa shape index (κ1) is 17.1. The maximum atomic E-state index is 12.4. The van der Waals surface area contributed by atoms with E-state index in [1.807, 2.05) is 0 Å². The van der Waals surface area contributed by atoms with Crippen LogP contribution in [0.25, 0.3) is 0 Å². The monoisotopic (exact) mass is 371 g/mol. The second kappa shape index (κ2) is 6.68. The number of halogens is 1. The molecule has 0 saturated carbocycles. The number of rotatable bonds is 5. The van der Waals surface area contributed by atoms with Crippen molar-refractivity contribution in [1.29, 1.82) is 10.5 Å². The van der Waals surface area contributed by atoms with Gasteiger partial charge in [0.05, 0.1) is 22.6 Å². The Morgan fingerprint density at radius 1 is 1.33 bits per heavy atom. The van der Waals surface area contributed by atoms with Gasteiger partial charge in [0.15, 0.2) is 0 Å². The van der Waals surface area contributed by atoms with Crippen molar-refractivity contribution in [2.24, 2.45) is 0 Å². The lowest BCUT2D eigenvalue weighted by atomic mass is 10.1. The second-order valence-corrected chi connectivity index (χ2v) is 6.76. The van der Waals surface area contributed by atoms with Crippen LogP contribution in [-0.4, -0.2) is 36.9 Å². The summed E-state index contributed by atoms with van der Waals surface area (Å²) in [6, 6.07) is 5.58. The zero-order valence-electron chi connectivity index (χ0n) is 10.9. The molecule has 0 spiro atoms. The highest BCUT2D eigenvalue weighted by molar-refractivity contribution is 9.10. The molecule has 1 rings (SSSR count). The third-order valence-electron chi connectivity index (χ3n) is 2.68. The molecule has 1 N–H and O–H groups in total. The molecule has 0 bridgehead atoms. The summed E-state index contributed by atoms with van der Waals surface area (Å²) in [6.07, 6.45) is 0. The van der Waals surface area contributed by atoms with E-state index in [1.165, 1.54) is 13.0 Å². The van der Waals surface area contributed by atoms with E-state index in [0.29, 0.717) is 14.3 Å². The van der Waals surface area contributed by atoms with Crippen molar-refractivity contribution in [2.75, 3.05) is 13.1 Å². The minimum atomic E-state index is -4.13. The van der Waals surface area contributed by atoms with Crippen LogP contribution in [0.3, 0.4) is 0 Å². The molecule has 110 valence electrons. The average Bonchev–Trinajstić information content (AvgIpc) is 2.40. The van der Waals surface area contributed by atoms with Gasteiger partial charge in [-0.1, -0.05) is 15.9 Å². The van der Waals surface area contributed by atoms with Crippen LogP contribution in [0.1, 0.15) is 15.9 Å². The third-order valence-corrected chi connectivity index (χ3v) is 5.27. The van der Waals surface area contributed by atoms with Crippen molar-refractivity contribution in [3.63, 3.8) is 0 Å². The van der Waals surface area contributed by atoms with Crippen molar-refractivity contribution >= 4 is 31.9 Å². The molecule has 1 aromatic carbocycles. The smallest absolute Gasteiger partial charge is 0.336 e. The fraction of sp³-hybridized carbons (Fsp3) is 0.250. The Kier molecular flexibility index (Phi) is 5.44. The molecule has 1 aromatic rings. The molecular formula is C12H10BrN3O4S. The number of hydrogen-bond acceptors (Lipinski definition) is 5. The summed E-state index contributed by atoms with van der Waals surface area (Å²) >= 11 is 3.11. The van der Waals surface area contributed by atoms with Crippen LogP contribution >= 0.6 is 15.9 Å². The Bertz CT molecular complexity index is 746. The van der Waals surface area contributed by atoms with E-state index < -0.39 is 29.1 Å². The Morgan fingerprint density at radius 3 is 2.29 bits per heavy atom. The first-order valence-corrected chi connectivity index (χ1v) is 7.76. The predicted molar refractivity (Wildman–Crippen MR) is 75.8 cm³/mol. The van der Waals surface area contributed by atoms with Crippen LogP contribution in [0.2, 0.25) is 0 Å². The largest absolute Gasteiger partial charge is 0.478 e. The quantitative estimate of drug-likeness (QED) is 0.782. The zero-order chi connectivity index (χ0) is 16.2. The van der Waals surface area contributed by atoms with Gasteiger partial charge in [0.25, 0.3) is 0 Å². The van der Waals surface area contributed by atoms with Crippen molar-refractivity contribution < 1.29 is 18.3 Å². The molecule has 0 amide bonds. The maximum absolute atomic E-state index is 12.4. The molecule has 0 aliphatic rings. The van der Waals surface area contributed by atoms with Gasteiger partial charge in [0.1, 0.15) is 13.1 Å². The molecule has 7 nitrogen and oxygen atoms in total. The van der Waals surface area contributed by atoms with E-state index in [4.69, 9.17) is 15.6 Å². The lowest BCUT2D eigenvalue weighted by Gasteiger charge is -2.17. The Labute approximate surface area is 130 Å². The summed E-state index contributed by atoms with van der Waals surface area (Å²) in [5.41, 5.74) is 0.213. The van der Waals surface area contributed by atoms with E-state index in [0.717, 1.165) is 6.07 Å². The minimum Gasteiger partial charge on any atom is -0.478 e. The summed E-state index contributed by atoms with van der Waals surface area (Å²) in [6.45, 7) is 0.542. The normalized spacial score (nSPS) is 10.9. The highest BCUT2D eigenvalue weighted by Crippen LogP contribution is 2.26. The highest BCUT2D eigenvalue weighted by atomic mass is 79.9. The van der Waals surface area contributed by atoms with E-state index in [2.05, 4.69) is 15.9 Å². The number of benzene rings is 1. The van der Waals surface area contributed by atoms with E-state index >= 15 is 0 Å². The summed E-state index contributed by atoms with van der Waals surface area (Å²) in [4.78, 5) is 10.9. The van der Waals surface area contributed by atoms with Gasteiger partial charge in [-0.3, -0.25) is 0 Å². The lowest BCUT2D eigenvalue weighted by Crippen LogP contribution is -2.32. The predicted octanol–water partition coefficient (Wildman–Crippen LogP) is 1.49. The molecular weight excluding hydrogens is 362 g/mol. The van der Waals surface area contributed by atoms with Crippen molar-refractivity contribution in [2.45, 2.75) is 11.8 Å². The van der Waals surface area contributed by atoms with Gasteiger partial charge in [0, 0.05) is 4.47 Å². The van der Waals surface area contributed by atoms with Gasteiger partial charge in [-0.05, 0) is 24.6 Å². The standard InChI is InChI=1S/C12H10BrN3O4S/c1-8-10(12(17)18)6-9(7-11(8)13)21(19,20)16(4-2-14)5-3-15/h6-7H,4-5H2,1H3,(H,17,18). The van der Waals surface area contributed by atoms with E-state index in [9.17, 15) is 13.2 Å². The van der Waals surface area contributed by atoms with Crippen molar-refractivity contribution in [3.05, 3.63) is 27.7 Å². The molecule has 0 atom stereocenters. The van der Waals surface area contributed by atoms with Crippen molar-refractivity contribution in [1.82, 2.24) is 4.31 Å². The van der Waals surface area contributed by atoms with Crippen molar-refractivity contribution in [3.8, 4) is 12.1 Å². The van der Waals surface area contributed by atoms with Crippen LogP contribution in [0.5, 0.6) is 0 Å². The molecule has 21 heavy (non-hydrogen) atoms. The number of carboxylic acid groups (broad SMARTS) is 1. The van der Waals surface area contributed by atoms with E-state index in [1.54, 1.807) is 12.1 Å². The van der Waals surface area contributed by atoms with Gasteiger partial charge < -0.3 is 5.11 Å². The Hall–Kier alpha value is -1.94. The molecule has 0 radical (unpaired) electrons. The average molecular weight is 372 g/mol. The fourth-order valence-corrected chi connectivity index (χ4v) is 3.46. The van der Waals surface area contributed by atoms with Crippen LogP contribution in [0.4, 0.5) is 0 Å². The summed E-state index contributed by atoms with van der Waals surface area (Å²) in [5, 5.41) is 26.4. The van der Waals surface area contributed by atoms with E-state index in [-0.39, 0.29) is 10.5 Å². The molecule has 0 aromatic heterocycles. The first-order chi connectivity index (χ1) is 9.75. The third kappa shape index (κ3) is 3.58. The van der Waals surface area contributed by atoms with Gasteiger partial charge >= 0.3 is 5.97 Å². The van der Waals surface area contributed by atoms with Gasteiger partial charge in [-0.15, -0.1) is 0 Å². The zero-order valence-corrected chi connectivity index (χ0v) is 13.3. The van der Waals surface area contributed by atoms with Crippen LogP contribution in [0, 0.1) is 29.6 Å². The second-order valence-electron chi connectivity index (χ2n) is 3.97. The lowest BCUT2D eigenvalue weighted by molar-refractivity contribution is 0.0695. The highest BCUT2D eigenvalue weighted by Gasteiger charge is 2.26. The summed E-state index contributed by atoms with van der Waals surface area (Å²) in [5.74, 6) is -1.27. The minimum absolute atomic E-state index is 0.170. The van der Waals surface area contributed by atoms with Crippen LogP contribution < -0.4 is 0 Å². The maximum Gasteiger partial charge on any atom is 0.336 e. The van der Waals surface area contributed by atoms with Crippen LogP contribution in [0.15, 0.2) is 21.5 Å². The Balaban J connectivity index is 3.49. The Morgan fingerprint density at radius 2 is 1.86 bits per heavy atom. The number of nitriles is 2. The number of aromatic carboxylic acids is 1. The summed E-state index contributed by atoms with van der Waals surface area (Å²) < 4.78 is 25.7. The van der Waals surface area contributed by atoms with Gasteiger partial charge in [-0.2, -0.15) is 14.8 Å². The molecule has 0 fully saturated rings. The number of hydrogen-bond donors (Lipinski definition) is 1. The molecule has 0 aliphatic carbocycles. The summed E-state index contributed by atoms with van der Waals surface area (Å²) in [7, 11) is -4.13. The first-order valence-electron chi connectivity index (χ1n) is 5.53. The molecule has 0 aliphatic heterocycles. The number of nitrogens with zero attached hydrogens (tertiary/aromatic N) is 3.